The number of nitrogens with zero attached hydrogens (tertiary/aromatic N) is 3. The zero-order chi connectivity index (χ0) is 18.1. The lowest BCUT2D eigenvalue weighted by atomic mass is 9.74. The maximum absolute atomic E-state index is 12.6. The van der Waals surface area contributed by atoms with Crippen LogP contribution in [0, 0.1) is 11.3 Å². The standard InChI is InChI=1S/C18H25N3O5/c22-15(6-5-14-19-16(20-26-14)12-3-1-2-4-12)21-9-13-10-25-8-7-18(13,11-21)17(23)24/h12-13H,1-11H2,(H,23,24)/t13-,18+/m0/s1. The highest BCUT2D eigenvalue weighted by molar-refractivity contribution is 5.81. The molecule has 142 valence electrons. The van der Waals surface area contributed by atoms with E-state index >= 15 is 0 Å². The van der Waals surface area contributed by atoms with E-state index in [1.807, 2.05) is 0 Å². The zero-order valence-electron chi connectivity index (χ0n) is 14.9. The van der Waals surface area contributed by atoms with Crippen LogP contribution in [0.2, 0.25) is 0 Å². The van der Waals surface area contributed by atoms with Gasteiger partial charge < -0.3 is 19.3 Å². The fourth-order valence-electron chi connectivity index (χ4n) is 4.58. The number of hydrogen-bond donors (Lipinski definition) is 1. The van der Waals surface area contributed by atoms with Gasteiger partial charge in [0, 0.05) is 44.4 Å². The Morgan fingerprint density at radius 3 is 2.85 bits per heavy atom. The highest BCUT2D eigenvalue weighted by atomic mass is 16.5. The number of ether oxygens (including phenoxy) is 1. The molecule has 3 fully saturated rings. The summed E-state index contributed by atoms with van der Waals surface area (Å²) in [4.78, 5) is 30.5. The minimum absolute atomic E-state index is 0.0550. The molecule has 3 aliphatic rings. The van der Waals surface area contributed by atoms with Crippen LogP contribution in [0.4, 0.5) is 0 Å². The van der Waals surface area contributed by atoms with Crippen molar-refractivity contribution in [2.24, 2.45) is 11.3 Å². The number of carbonyl (C=O) groups excluding carboxylic acids is 1. The van der Waals surface area contributed by atoms with Crippen molar-refractivity contribution in [3.63, 3.8) is 0 Å². The second kappa shape index (κ2) is 6.98. The summed E-state index contributed by atoms with van der Waals surface area (Å²) in [6.07, 6.45) is 5.74. The average molecular weight is 363 g/mol. The van der Waals surface area contributed by atoms with Gasteiger partial charge in [0.2, 0.25) is 11.8 Å². The lowest BCUT2D eigenvalue weighted by Gasteiger charge is -2.33. The summed E-state index contributed by atoms with van der Waals surface area (Å²) in [5.41, 5.74) is -0.853. The monoisotopic (exact) mass is 363 g/mol. The summed E-state index contributed by atoms with van der Waals surface area (Å²) < 4.78 is 10.7. The molecule has 8 nitrogen and oxygen atoms in total. The van der Waals surface area contributed by atoms with Crippen LogP contribution in [0.1, 0.15) is 56.2 Å². The van der Waals surface area contributed by atoms with E-state index in [-0.39, 0.29) is 24.8 Å². The second-order valence-electron chi connectivity index (χ2n) is 7.79. The first kappa shape index (κ1) is 17.5. The Hall–Kier alpha value is -1.96. The summed E-state index contributed by atoms with van der Waals surface area (Å²) in [6.45, 7) is 1.57. The van der Waals surface area contributed by atoms with Crippen LogP contribution < -0.4 is 0 Å². The Morgan fingerprint density at radius 1 is 1.31 bits per heavy atom. The summed E-state index contributed by atoms with van der Waals surface area (Å²) in [7, 11) is 0. The molecule has 1 aromatic rings. The molecule has 1 aromatic heterocycles. The van der Waals surface area contributed by atoms with Crippen molar-refractivity contribution in [3.8, 4) is 0 Å². The van der Waals surface area contributed by atoms with Crippen LogP contribution in [0.15, 0.2) is 4.52 Å². The quantitative estimate of drug-likeness (QED) is 0.847. The number of aryl methyl sites for hydroxylation is 1. The molecular formula is C18H25N3O5. The predicted molar refractivity (Wildman–Crippen MR) is 89.4 cm³/mol. The summed E-state index contributed by atoms with van der Waals surface area (Å²) in [5, 5.41) is 13.7. The van der Waals surface area contributed by atoms with Crippen LogP contribution in [0.5, 0.6) is 0 Å². The average Bonchev–Trinajstić information content (AvgIpc) is 3.38. The van der Waals surface area contributed by atoms with Gasteiger partial charge in [-0.05, 0) is 19.3 Å². The van der Waals surface area contributed by atoms with Gasteiger partial charge >= 0.3 is 5.97 Å². The van der Waals surface area contributed by atoms with Gasteiger partial charge in [-0.25, -0.2) is 0 Å². The first-order valence-electron chi connectivity index (χ1n) is 9.50. The Bertz CT molecular complexity index is 684. The molecule has 3 heterocycles. The molecule has 2 saturated heterocycles. The van der Waals surface area contributed by atoms with Gasteiger partial charge in [-0.1, -0.05) is 18.0 Å². The summed E-state index contributed by atoms with van der Waals surface area (Å²) in [5.74, 6) is 0.641. The van der Waals surface area contributed by atoms with Gasteiger partial charge in [-0.15, -0.1) is 0 Å². The molecule has 1 aliphatic carbocycles. The largest absolute Gasteiger partial charge is 0.481 e. The number of carboxylic acid groups (broad SMARTS) is 1. The lowest BCUT2D eigenvalue weighted by Crippen LogP contribution is -2.45. The van der Waals surface area contributed by atoms with Gasteiger partial charge in [0.15, 0.2) is 5.82 Å². The van der Waals surface area contributed by atoms with Gasteiger partial charge in [0.05, 0.1) is 12.0 Å². The number of rotatable bonds is 5. The minimum atomic E-state index is -0.853. The van der Waals surface area contributed by atoms with Crippen molar-refractivity contribution >= 4 is 11.9 Å². The number of fused-ring (bicyclic) bond motifs is 1. The number of carboxylic acids is 1. The molecule has 26 heavy (non-hydrogen) atoms. The maximum Gasteiger partial charge on any atom is 0.311 e. The van der Waals surface area contributed by atoms with Crippen molar-refractivity contribution < 1.29 is 24.0 Å². The SMILES string of the molecule is O=C(CCc1nc(C2CCCC2)no1)N1C[C@H]2COCC[C@@]2(C(=O)O)C1. The van der Waals surface area contributed by atoms with Gasteiger partial charge in [0.25, 0.3) is 0 Å². The number of carbonyl (C=O) groups is 2. The summed E-state index contributed by atoms with van der Waals surface area (Å²) >= 11 is 0. The fraction of sp³-hybridized carbons (Fsp3) is 0.778. The maximum atomic E-state index is 12.6. The molecule has 2 aliphatic heterocycles. The smallest absolute Gasteiger partial charge is 0.311 e. The highest BCUT2D eigenvalue weighted by Crippen LogP contribution is 2.42. The number of hydrogen-bond acceptors (Lipinski definition) is 6. The molecular weight excluding hydrogens is 338 g/mol. The van der Waals surface area contributed by atoms with E-state index < -0.39 is 11.4 Å². The van der Waals surface area contributed by atoms with Crippen molar-refractivity contribution in [1.29, 1.82) is 0 Å². The van der Waals surface area contributed by atoms with E-state index in [9.17, 15) is 14.7 Å². The first-order chi connectivity index (χ1) is 12.6. The molecule has 0 unspecified atom stereocenters. The van der Waals surface area contributed by atoms with Crippen LogP contribution in [0.25, 0.3) is 0 Å². The zero-order valence-corrected chi connectivity index (χ0v) is 14.9. The van der Waals surface area contributed by atoms with Gasteiger partial charge in [0.1, 0.15) is 0 Å². The molecule has 0 spiro atoms. The van der Waals surface area contributed by atoms with Crippen molar-refractivity contribution in [1.82, 2.24) is 15.0 Å². The van der Waals surface area contributed by atoms with E-state index in [2.05, 4.69) is 10.1 Å². The van der Waals surface area contributed by atoms with E-state index in [0.717, 1.165) is 18.7 Å². The number of likely N-dealkylation sites (tertiary alicyclic amines) is 1. The molecule has 1 N–H and O–H groups in total. The van der Waals surface area contributed by atoms with Crippen molar-refractivity contribution in [2.75, 3.05) is 26.3 Å². The molecule has 0 aromatic carbocycles. The van der Waals surface area contributed by atoms with Crippen molar-refractivity contribution in [3.05, 3.63) is 11.7 Å². The second-order valence-corrected chi connectivity index (χ2v) is 7.79. The predicted octanol–water partition coefficient (Wildman–Crippen LogP) is 1.61. The third kappa shape index (κ3) is 3.11. The number of aromatic nitrogens is 2. The Labute approximate surface area is 151 Å². The highest BCUT2D eigenvalue weighted by Gasteiger charge is 2.54. The Balaban J connectivity index is 1.34. The molecule has 2 atom stereocenters. The van der Waals surface area contributed by atoms with Gasteiger partial charge in [-0.3, -0.25) is 9.59 Å². The topological polar surface area (TPSA) is 106 Å². The Morgan fingerprint density at radius 2 is 2.12 bits per heavy atom. The van der Waals surface area contributed by atoms with E-state index in [4.69, 9.17) is 9.26 Å². The normalized spacial score (nSPS) is 29.1. The van der Waals surface area contributed by atoms with E-state index in [1.165, 1.54) is 12.8 Å². The molecule has 0 bridgehead atoms. The van der Waals surface area contributed by atoms with Crippen LogP contribution in [-0.4, -0.2) is 58.3 Å². The van der Waals surface area contributed by atoms with Gasteiger partial charge in [-0.2, -0.15) is 4.98 Å². The molecule has 8 heteroatoms. The van der Waals surface area contributed by atoms with Crippen LogP contribution >= 0.6 is 0 Å². The van der Waals surface area contributed by atoms with Crippen LogP contribution in [0.3, 0.4) is 0 Å². The Kier molecular flexibility index (Phi) is 4.69. The third-order valence-electron chi connectivity index (χ3n) is 6.24. The summed E-state index contributed by atoms with van der Waals surface area (Å²) in [6, 6.07) is 0. The van der Waals surface area contributed by atoms with E-state index in [0.29, 0.717) is 44.4 Å². The van der Waals surface area contributed by atoms with Crippen molar-refractivity contribution in [2.45, 2.75) is 50.9 Å². The van der Waals surface area contributed by atoms with E-state index in [1.54, 1.807) is 4.90 Å². The number of aliphatic carboxylic acids is 1. The molecule has 1 amide bonds. The van der Waals surface area contributed by atoms with Crippen LogP contribution in [-0.2, 0) is 20.7 Å². The lowest BCUT2D eigenvalue weighted by molar-refractivity contribution is -0.157. The molecule has 1 saturated carbocycles. The molecule has 0 radical (unpaired) electrons. The fourth-order valence-corrected chi connectivity index (χ4v) is 4.58. The molecule has 4 rings (SSSR count). The minimum Gasteiger partial charge on any atom is -0.481 e. The first-order valence-corrected chi connectivity index (χ1v) is 9.50. The number of amides is 1. The third-order valence-corrected chi connectivity index (χ3v) is 6.24.